The highest BCUT2D eigenvalue weighted by atomic mass is 16.6. The van der Waals surface area contributed by atoms with Crippen LogP contribution in [0.15, 0.2) is 91.0 Å². The van der Waals surface area contributed by atoms with E-state index in [4.69, 9.17) is 9.47 Å². The summed E-state index contributed by atoms with van der Waals surface area (Å²) in [6.07, 6.45) is -1.17. The summed E-state index contributed by atoms with van der Waals surface area (Å²) in [4.78, 5) is 41.0. The molecule has 0 heterocycles. The fraction of sp³-hybridized carbons (Fsp3) is 0.276. The summed E-state index contributed by atoms with van der Waals surface area (Å²) in [5.41, 5.74) is -0.312. The first-order chi connectivity index (χ1) is 17.3. The van der Waals surface area contributed by atoms with E-state index in [2.05, 4.69) is 0 Å². The lowest BCUT2D eigenvalue weighted by molar-refractivity contribution is -0.172. The molecule has 0 aliphatic carbocycles. The van der Waals surface area contributed by atoms with Gasteiger partial charge in [0.2, 0.25) is 5.54 Å². The molecule has 0 fully saturated rings. The first-order valence-electron chi connectivity index (χ1n) is 11.8. The predicted octanol–water partition coefficient (Wildman–Crippen LogP) is 5.09. The van der Waals surface area contributed by atoms with Crippen molar-refractivity contribution in [1.29, 1.82) is 0 Å². The second-order valence-corrected chi connectivity index (χ2v) is 8.93. The van der Waals surface area contributed by atoms with Crippen LogP contribution in [-0.4, -0.2) is 40.1 Å². The summed E-state index contributed by atoms with van der Waals surface area (Å²) < 4.78 is 11.0. The molecule has 7 nitrogen and oxygen atoms in total. The maximum Gasteiger partial charge on any atom is 0.411 e. The second-order valence-electron chi connectivity index (χ2n) is 8.93. The number of hydrogen-bond donors (Lipinski definition) is 1. The molecule has 3 aromatic carbocycles. The predicted molar refractivity (Wildman–Crippen MR) is 135 cm³/mol. The Morgan fingerprint density at radius 1 is 0.750 bits per heavy atom. The van der Waals surface area contributed by atoms with Gasteiger partial charge in [0.25, 0.3) is 0 Å². The van der Waals surface area contributed by atoms with Gasteiger partial charge in [-0.3, -0.25) is 4.90 Å². The molecule has 7 heteroatoms. The number of carbonyl (C=O) groups is 3. The number of hydrogen-bond acceptors (Lipinski definition) is 5. The van der Waals surface area contributed by atoms with Crippen LogP contribution in [-0.2, 0) is 38.7 Å². The lowest BCUT2D eigenvalue weighted by Gasteiger charge is -2.38. The van der Waals surface area contributed by atoms with Crippen molar-refractivity contribution in [2.45, 2.75) is 39.0 Å². The van der Waals surface area contributed by atoms with E-state index in [1.807, 2.05) is 38.1 Å². The molecule has 3 rings (SSSR count). The van der Waals surface area contributed by atoms with E-state index in [-0.39, 0.29) is 32.1 Å². The van der Waals surface area contributed by atoms with Crippen molar-refractivity contribution in [2.75, 3.05) is 6.54 Å². The van der Waals surface area contributed by atoms with E-state index in [1.54, 1.807) is 66.7 Å². The molecule has 1 amide bonds. The van der Waals surface area contributed by atoms with Gasteiger partial charge < -0.3 is 14.6 Å². The summed E-state index contributed by atoms with van der Waals surface area (Å²) in [6, 6.07) is 26.7. The van der Waals surface area contributed by atoms with E-state index in [0.717, 1.165) is 10.5 Å². The van der Waals surface area contributed by atoms with Crippen LogP contribution < -0.4 is 0 Å². The van der Waals surface area contributed by atoms with E-state index in [0.29, 0.717) is 11.1 Å². The van der Waals surface area contributed by atoms with Gasteiger partial charge in [0, 0.05) is 13.0 Å². The zero-order chi connectivity index (χ0) is 26.0. The summed E-state index contributed by atoms with van der Waals surface area (Å²) in [7, 11) is 0. The average Bonchev–Trinajstić information content (AvgIpc) is 2.89. The number of carboxylic acids is 1. The molecule has 0 aromatic heterocycles. The Hall–Kier alpha value is -4.13. The molecule has 1 N–H and O–H groups in total. The van der Waals surface area contributed by atoms with Crippen molar-refractivity contribution in [2.24, 2.45) is 5.92 Å². The molecule has 0 bridgehead atoms. The van der Waals surface area contributed by atoms with Crippen molar-refractivity contribution in [1.82, 2.24) is 4.90 Å². The molecule has 0 spiro atoms. The average molecular weight is 490 g/mol. The zero-order valence-electron chi connectivity index (χ0n) is 20.5. The lowest BCUT2D eigenvalue weighted by atomic mass is 9.88. The highest BCUT2D eigenvalue weighted by Crippen LogP contribution is 2.27. The molecule has 0 saturated heterocycles. The minimum atomic E-state index is -2.33. The van der Waals surface area contributed by atoms with Gasteiger partial charge in [0.05, 0.1) is 0 Å². The van der Waals surface area contributed by atoms with E-state index in [1.165, 1.54) is 0 Å². The molecular formula is C29H31NO6. The summed E-state index contributed by atoms with van der Waals surface area (Å²) >= 11 is 0. The minimum Gasteiger partial charge on any atom is -0.479 e. The van der Waals surface area contributed by atoms with Gasteiger partial charge in [-0.1, -0.05) is 105 Å². The third-order valence-corrected chi connectivity index (χ3v) is 5.64. The van der Waals surface area contributed by atoms with Crippen molar-refractivity contribution in [3.8, 4) is 0 Å². The third-order valence-electron chi connectivity index (χ3n) is 5.64. The highest BCUT2D eigenvalue weighted by molar-refractivity contribution is 6.06. The minimum absolute atomic E-state index is 0.0206. The SMILES string of the molecule is CC(C)CN(C(=O)OCc1ccccc1)[C@](Cc1ccccc1)(C(=O)O)C(=O)OCc1ccccc1. The molecule has 3 aromatic rings. The Balaban J connectivity index is 1.98. The van der Waals surface area contributed by atoms with Crippen molar-refractivity contribution < 1.29 is 29.0 Å². The van der Waals surface area contributed by atoms with Gasteiger partial charge in [-0.25, -0.2) is 14.4 Å². The Labute approximate surface area is 211 Å². The molecular weight excluding hydrogens is 458 g/mol. The largest absolute Gasteiger partial charge is 0.479 e. The summed E-state index contributed by atoms with van der Waals surface area (Å²) in [6.45, 7) is 3.46. The Kier molecular flexibility index (Phi) is 9.22. The third kappa shape index (κ3) is 6.72. The highest BCUT2D eigenvalue weighted by Gasteiger charge is 2.55. The van der Waals surface area contributed by atoms with Crippen LogP contribution in [0.2, 0.25) is 0 Å². The summed E-state index contributed by atoms with van der Waals surface area (Å²) in [5.74, 6) is -2.66. The smallest absolute Gasteiger partial charge is 0.411 e. The second kappa shape index (κ2) is 12.5. The maximum absolute atomic E-state index is 13.6. The van der Waals surface area contributed by atoms with Crippen molar-refractivity contribution in [3.05, 3.63) is 108 Å². The van der Waals surface area contributed by atoms with Gasteiger partial charge in [-0.15, -0.1) is 0 Å². The molecule has 0 saturated carbocycles. The monoisotopic (exact) mass is 489 g/mol. The quantitative estimate of drug-likeness (QED) is 0.298. The number of benzene rings is 3. The van der Waals surface area contributed by atoms with Gasteiger partial charge in [0.15, 0.2) is 0 Å². The normalized spacial score (nSPS) is 12.4. The zero-order valence-corrected chi connectivity index (χ0v) is 20.5. The first kappa shape index (κ1) is 26.5. The fourth-order valence-corrected chi connectivity index (χ4v) is 3.84. The van der Waals surface area contributed by atoms with E-state index >= 15 is 0 Å². The topological polar surface area (TPSA) is 93.1 Å². The number of amides is 1. The number of aliphatic carboxylic acids is 1. The molecule has 0 radical (unpaired) electrons. The van der Waals surface area contributed by atoms with Crippen LogP contribution in [0.4, 0.5) is 4.79 Å². The number of rotatable bonds is 11. The van der Waals surface area contributed by atoms with Gasteiger partial charge >= 0.3 is 18.0 Å². The van der Waals surface area contributed by atoms with Crippen LogP contribution in [0.5, 0.6) is 0 Å². The van der Waals surface area contributed by atoms with Crippen LogP contribution in [0.3, 0.4) is 0 Å². The molecule has 1 atom stereocenters. The standard InChI is InChI=1S/C29H31NO6/c1-22(2)19-30(28(34)36-21-25-16-10-5-11-17-25)29(26(31)32,18-23-12-6-3-7-13-23)27(33)35-20-24-14-8-4-9-15-24/h3-17,22H,18-21H2,1-2H3,(H,31,32)/t29-/m1/s1. The van der Waals surface area contributed by atoms with Crippen LogP contribution in [0.1, 0.15) is 30.5 Å². The molecule has 36 heavy (non-hydrogen) atoms. The van der Waals surface area contributed by atoms with Crippen LogP contribution in [0, 0.1) is 5.92 Å². The van der Waals surface area contributed by atoms with Crippen molar-refractivity contribution in [3.63, 3.8) is 0 Å². The van der Waals surface area contributed by atoms with Crippen LogP contribution in [0.25, 0.3) is 0 Å². The summed E-state index contributed by atoms with van der Waals surface area (Å²) in [5, 5.41) is 10.5. The number of esters is 1. The Bertz CT molecular complexity index is 1130. The molecule has 0 aliphatic rings. The molecule has 0 aliphatic heterocycles. The lowest BCUT2D eigenvalue weighted by Crippen LogP contribution is -2.64. The molecule has 188 valence electrons. The first-order valence-corrected chi connectivity index (χ1v) is 11.8. The Morgan fingerprint density at radius 2 is 1.19 bits per heavy atom. The Morgan fingerprint density at radius 3 is 1.64 bits per heavy atom. The van der Waals surface area contributed by atoms with Gasteiger partial charge in [0.1, 0.15) is 13.2 Å². The van der Waals surface area contributed by atoms with Crippen molar-refractivity contribution >= 4 is 18.0 Å². The fourth-order valence-electron chi connectivity index (χ4n) is 3.84. The number of nitrogens with zero attached hydrogens (tertiary/aromatic N) is 1. The maximum atomic E-state index is 13.6. The number of ether oxygens (including phenoxy) is 2. The molecule has 0 unspecified atom stereocenters. The van der Waals surface area contributed by atoms with Gasteiger partial charge in [-0.2, -0.15) is 0 Å². The number of carboxylic acid groups (broad SMARTS) is 1. The van der Waals surface area contributed by atoms with Gasteiger partial charge in [-0.05, 0) is 22.6 Å². The van der Waals surface area contributed by atoms with E-state index in [9.17, 15) is 19.5 Å². The van der Waals surface area contributed by atoms with Crippen LogP contribution >= 0.6 is 0 Å². The van der Waals surface area contributed by atoms with E-state index < -0.39 is 23.6 Å². The number of carbonyl (C=O) groups excluding carboxylic acids is 2.